The average Bonchev–Trinajstić information content (AvgIpc) is 3.25. The van der Waals surface area contributed by atoms with E-state index in [-0.39, 0.29) is 16.7 Å². The second-order valence-electron chi connectivity index (χ2n) is 12.6. The number of hydrogen-bond donors (Lipinski definition) is 2. The van der Waals surface area contributed by atoms with Crippen molar-refractivity contribution in [1.82, 2.24) is 0 Å². The number of carbonyl (C=O) groups is 5. The molecule has 1 heterocycles. The summed E-state index contributed by atoms with van der Waals surface area (Å²) >= 11 is 0. The monoisotopic (exact) mass is 620 g/mol. The van der Waals surface area contributed by atoms with Crippen LogP contribution in [0.3, 0.4) is 0 Å². The number of allylic oxidation sites excluding steroid dienone is 2. The van der Waals surface area contributed by atoms with E-state index in [1.807, 2.05) is 0 Å². The van der Waals surface area contributed by atoms with Crippen molar-refractivity contribution < 1.29 is 57.9 Å². The number of fused-ring (bicyclic) bond motifs is 3. The standard InChI is InChI=1S/C32H44O12/c1-11-16(5)27(35)40-20-14-30(9,44-19(8)33)23-22(26-32(20,39)31(10,38)29(37)43-26)18(7)24(42-28(36)17(6)12-2)25(23)41-21(34)13-15(3)4/h12-13,16,20,23-26,38-39H,11,14H2,1-10H3. The van der Waals surface area contributed by atoms with Crippen molar-refractivity contribution in [2.75, 3.05) is 0 Å². The van der Waals surface area contributed by atoms with Gasteiger partial charge in [-0.3, -0.25) is 9.59 Å². The van der Waals surface area contributed by atoms with E-state index in [1.54, 1.807) is 41.5 Å². The van der Waals surface area contributed by atoms with Gasteiger partial charge in [0, 0.05) is 25.0 Å². The number of hydrogen-bond acceptors (Lipinski definition) is 12. The zero-order valence-electron chi connectivity index (χ0n) is 27.0. The summed E-state index contributed by atoms with van der Waals surface area (Å²) in [7, 11) is 0. The SMILES string of the molecule is CC=C(C)C(=O)OC1C(C)=C2C(C1OC(=O)C=C(C)C)C(C)(OC(C)=O)CC(OC(=O)C(C)CC)C1(O)C2OC(=O)C1(C)O. The van der Waals surface area contributed by atoms with Gasteiger partial charge in [-0.2, -0.15) is 0 Å². The Kier molecular flexibility index (Phi) is 9.91. The summed E-state index contributed by atoms with van der Waals surface area (Å²) < 4.78 is 29.1. The molecule has 3 aliphatic rings. The number of rotatable bonds is 8. The Balaban J connectivity index is 2.37. The lowest BCUT2D eigenvalue weighted by Gasteiger charge is -2.42. The summed E-state index contributed by atoms with van der Waals surface area (Å²) in [6.45, 7) is 15.2. The maximum absolute atomic E-state index is 13.1. The lowest BCUT2D eigenvalue weighted by molar-refractivity contribution is -0.213. The molecule has 0 radical (unpaired) electrons. The highest BCUT2D eigenvalue weighted by Crippen LogP contribution is 2.57. The molecular formula is C32H44O12. The van der Waals surface area contributed by atoms with Crippen molar-refractivity contribution in [2.24, 2.45) is 11.8 Å². The van der Waals surface area contributed by atoms with Crippen molar-refractivity contribution in [2.45, 2.75) is 123 Å². The number of esters is 5. The molecule has 0 amide bonds. The van der Waals surface area contributed by atoms with Gasteiger partial charge in [0.1, 0.15) is 11.7 Å². The first kappa shape index (κ1) is 35.0. The van der Waals surface area contributed by atoms with Gasteiger partial charge in [-0.15, -0.1) is 0 Å². The molecule has 2 aliphatic carbocycles. The molecule has 2 N–H and O–H groups in total. The van der Waals surface area contributed by atoms with E-state index < -0.39 is 89.3 Å². The van der Waals surface area contributed by atoms with Gasteiger partial charge in [-0.05, 0) is 66.0 Å². The van der Waals surface area contributed by atoms with Crippen LogP contribution in [0.15, 0.2) is 34.4 Å². The highest BCUT2D eigenvalue weighted by molar-refractivity contribution is 5.88. The van der Waals surface area contributed by atoms with Gasteiger partial charge < -0.3 is 33.9 Å². The Morgan fingerprint density at radius 2 is 1.68 bits per heavy atom. The van der Waals surface area contributed by atoms with Crippen LogP contribution in [0.25, 0.3) is 0 Å². The first-order chi connectivity index (χ1) is 20.3. The molecule has 44 heavy (non-hydrogen) atoms. The van der Waals surface area contributed by atoms with Gasteiger partial charge in [0.2, 0.25) is 0 Å². The fourth-order valence-corrected chi connectivity index (χ4v) is 6.22. The Labute approximate surface area is 257 Å². The Bertz CT molecular complexity index is 1320. The lowest BCUT2D eigenvalue weighted by Crippen LogP contribution is -2.64. The summed E-state index contributed by atoms with van der Waals surface area (Å²) in [6.07, 6.45) is -3.19. The summed E-state index contributed by atoms with van der Waals surface area (Å²) in [6, 6.07) is 0. The van der Waals surface area contributed by atoms with Crippen molar-refractivity contribution in [3.05, 3.63) is 34.4 Å². The summed E-state index contributed by atoms with van der Waals surface area (Å²) in [4.78, 5) is 64.9. The summed E-state index contributed by atoms with van der Waals surface area (Å²) in [5.41, 5.74) is -5.67. The van der Waals surface area contributed by atoms with Gasteiger partial charge in [-0.1, -0.05) is 25.5 Å². The molecule has 9 atom stereocenters. The number of aliphatic hydroxyl groups is 2. The zero-order valence-corrected chi connectivity index (χ0v) is 27.0. The van der Waals surface area contributed by atoms with Crippen LogP contribution in [0.4, 0.5) is 0 Å². The molecule has 12 heteroatoms. The zero-order chi connectivity index (χ0) is 33.5. The van der Waals surface area contributed by atoms with Gasteiger partial charge in [0.05, 0.1) is 11.8 Å². The molecule has 244 valence electrons. The molecule has 9 unspecified atom stereocenters. The molecular weight excluding hydrogens is 576 g/mol. The van der Waals surface area contributed by atoms with Crippen LogP contribution < -0.4 is 0 Å². The number of ether oxygens (including phenoxy) is 5. The normalized spacial score (nSPS) is 35.4. The van der Waals surface area contributed by atoms with Crippen molar-refractivity contribution in [1.29, 1.82) is 0 Å². The highest BCUT2D eigenvalue weighted by Gasteiger charge is 2.76. The van der Waals surface area contributed by atoms with Crippen LogP contribution >= 0.6 is 0 Å². The van der Waals surface area contributed by atoms with Gasteiger partial charge in [-0.25, -0.2) is 14.4 Å². The second-order valence-corrected chi connectivity index (χ2v) is 12.6. The molecule has 2 fully saturated rings. The maximum atomic E-state index is 13.1. The molecule has 0 aromatic heterocycles. The van der Waals surface area contributed by atoms with Gasteiger partial charge in [0.25, 0.3) is 0 Å². The molecule has 0 bridgehead atoms. The molecule has 1 saturated carbocycles. The largest absolute Gasteiger partial charge is 0.459 e. The van der Waals surface area contributed by atoms with Crippen LogP contribution in [0.1, 0.15) is 82.1 Å². The van der Waals surface area contributed by atoms with E-state index in [0.29, 0.717) is 12.0 Å². The predicted octanol–water partition coefficient (Wildman–Crippen LogP) is 2.78. The van der Waals surface area contributed by atoms with E-state index >= 15 is 0 Å². The van der Waals surface area contributed by atoms with Crippen molar-refractivity contribution in [3.8, 4) is 0 Å². The third kappa shape index (κ3) is 5.93. The van der Waals surface area contributed by atoms with E-state index in [2.05, 4.69) is 0 Å². The first-order valence-corrected chi connectivity index (χ1v) is 14.7. The first-order valence-electron chi connectivity index (χ1n) is 14.7. The molecule has 0 aromatic rings. The van der Waals surface area contributed by atoms with Gasteiger partial charge >= 0.3 is 29.8 Å². The van der Waals surface area contributed by atoms with Crippen LogP contribution in [0, 0.1) is 11.8 Å². The van der Waals surface area contributed by atoms with Crippen LogP contribution in [0.5, 0.6) is 0 Å². The molecule has 0 spiro atoms. The van der Waals surface area contributed by atoms with Crippen LogP contribution in [-0.2, 0) is 47.7 Å². The Morgan fingerprint density at radius 1 is 1.07 bits per heavy atom. The third-order valence-electron chi connectivity index (χ3n) is 8.97. The smallest absolute Gasteiger partial charge is 0.341 e. The highest BCUT2D eigenvalue weighted by atomic mass is 16.6. The quantitative estimate of drug-likeness (QED) is 0.176. The van der Waals surface area contributed by atoms with Crippen LogP contribution in [-0.4, -0.2) is 81.3 Å². The number of carbonyl (C=O) groups excluding carboxylic acids is 5. The molecule has 1 saturated heterocycles. The Hall–Kier alpha value is -3.51. The van der Waals surface area contributed by atoms with E-state index in [9.17, 15) is 34.2 Å². The Morgan fingerprint density at radius 3 is 2.20 bits per heavy atom. The lowest BCUT2D eigenvalue weighted by atomic mass is 9.75. The summed E-state index contributed by atoms with van der Waals surface area (Å²) in [5.74, 6) is -5.96. The van der Waals surface area contributed by atoms with E-state index in [0.717, 1.165) is 13.8 Å². The minimum atomic E-state index is -2.60. The fourth-order valence-electron chi connectivity index (χ4n) is 6.22. The molecule has 12 nitrogen and oxygen atoms in total. The molecule has 1 aliphatic heterocycles. The predicted molar refractivity (Wildman–Crippen MR) is 154 cm³/mol. The fraction of sp³-hybridized carbons (Fsp3) is 0.656. The third-order valence-corrected chi connectivity index (χ3v) is 8.97. The van der Waals surface area contributed by atoms with E-state index in [4.69, 9.17) is 23.7 Å². The minimum Gasteiger partial charge on any atom is -0.459 e. The topological polar surface area (TPSA) is 172 Å². The van der Waals surface area contributed by atoms with Crippen molar-refractivity contribution >= 4 is 29.8 Å². The van der Waals surface area contributed by atoms with Gasteiger partial charge in [0.15, 0.2) is 29.5 Å². The van der Waals surface area contributed by atoms with Crippen molar-refractivity contribution in [3.63, 3.8) is 0 Å². The average molecular weight is 621 g/mol. The second kappa shape index (κ2) is 12.5. The molecule has 0 aromatic carbocycles. The maximum Gasteiger partial charge on any atom is 0.341 e. The van der Waals surface area contributed by atoms with E-state index in [1.165, 1.54) is 26.0 Å². The molecule has 3 rings (SSSR count). The minimum absolute atomic E-state index is 0.107. The summed E-state index contributed by atoms with van der Waals surface area (Å²) in [5, 5.41) is 23.9. The van der Waals surface area contributed by atoms with Crippen LogP contribution in [0.2, 0.25) is 0 Å².